The van der Waals surface area contributed by atoms with Crippen molar-refractivity contribution < 1.29 is 13.9 Å². The number of anilines is 1. The zero-order valence-corrected chi connectivity index (χ0v) is 19.0. The number of halogens is 1. The van der Waals surface area contributed by atoms with E-state index < -0.39 is 0 Å². The molecule has 0 unspecified atom stereocenters. The van der Waals surface area contributed by atoms with Gasteiger partial charge in [0.2, 0.25) is 5.91 Å². The molecule has 1 amide bonds. The maximum atomic E-state index is 14.0. The van der Waals surface area contributed by atoms with Crippen LogP contribution in [0.15, 0.2) is 54.6 Å². The first-order valence-electron chi connectivity index (χ1n) is 11.7. The highest BCUT2D eigenvalue weighted by atomic mass is 19.1. The molecule has 0 aliphatic carbocycles. The second-order valence-electron chi connectivity index (χ2n) is 9.15. The van der Waals surface area contributed by atoms with Gasteiger partial charge in [-0.1, -0.05) is 18.2 Å². The molecule has 3 aromatic carbocycles. The minimum atomic E-state index is -0.385. The second kappa shape index (κ2) is 9.12. The number of ether oxygens (including phenoxy) is 1. The third kappa shape index (κ3) is 4.45. The molecule has 5 nitrogen and oxygen atoms in total. The third-order valence-corrected chi connectivity index (χ3v) is 7.08. The van der Waals surface area contributed by atoms with E-state index in [1.165, 1.54) is 17.2 Å². The van der Waals surface area contributed by atoms with E-state index in [2.05, 4.69) is 22.8 Å². The lowest BCUT2D eigenvalue weighted by molar-refractivity contribution is 0.0255. The Bertz CT molecular complexity index is 1180. The fraction of sp³-hybridized carbons (Fsp3) is 0.370. The maximum absolute atomic E-state index is 14.0. The van der Waals surface area contributed by atoms with Crippen molar-refractivity contribution in [1.82, 2.24) is 4.90 Å². The van der Waals surface area contributed by atoms with Crippen LogP contribution in [0.5, 0.6) is 0 Å². The molecular formula is C27H30FN3O2. The van der Waals surface area contributed by atoms with Crippen molar-refractivity contribution >= 4 is 22.4 Å². The van der Waals surface area contributed by atoms with E-state index >= 15 is 0 Å². The van der Waals surface area contributed by atoms with Gasteiger partial charge in [0.1, 0.15) is 5.82 Å². The summed E-state index contributed by atoms with van der Waals surface area (Å²) in [6.07, 6.45) is 1.79. The number of fused-ring (bicyclic) bond motifs is 2. The molecule has 2 N–H and O–H groups in total. The van der Waals surface area contributed by atoms with E-state index in [1.807, 2.05) is 30.3 Å². The monoisotopic (exact) mass is 447 g/mol. The summed E-state index contributed by atoms with van der Waals surface area (Å²) in [5.41, 5.74) is 9.51. The quantitative estimate of drug-likeness (QED) is 0.634. The van der Waals surface area contributed by atoms with Gasteiger partial charge in [-0.3, -0.25) is 9.69 Å². The average molecular weight is 448 g/mol. The van der Waals surface area contributed by atoms with Gasteiger partial charge in [-0.15, -0.1) is 0 Å². The summed E-state index contributed by atoms with van der Waals surface area (Å²) < 4.78 is 20.1. The van der Waals surface area contributed by atoms with Crippen LogP contribution in [0.1, 0.15) is 40.9 Å². The number of carbonyl (C=O) groups is 1. The predicted octanol–water partition coefficient (Wildman–Crippen LogP) is 4.29. The van der Waals surface area contributed by atoms with Gasteiger partial charge < -0.3 is 15.4 Å². The summed E-state index contributed by atoms with van der Waals surface area (Å²) in [6, 6.07) is 17.4. The zero-order chi connectivity index (χ0) is 22.9. The first-order chi connectivity index (χ1) is 16.0. The maximum Gasteiger partial charge on any atom is 0.248 e. The summed E-state index contributed by atoms with van der Waals surface area (Å²) in [4.78, 5) is 16.4. The highest BCUT2D eigenvalue weighted by Gasteiger charge is 2.27. The molecule has 0 aromatic heterocycles. The molecule has 2 aliphatic rings. The second-order valence-corrected chi connectivity index (χ2v) is 9.15. The number of amides is 1. The minimum Gasteiger partial charge on any atom is -0.373 e. The van der Waals surface area contributed by atoms with Crippen LogP contribution in [0.2, 0.25) is 0 Å². The standard InChI is InChI=1S/C27H30FN3O2/c1-18-17-31(22-6-8-23-19(16-22)3-2-4-25(23)28)13-12-30(18)11-9-26-24-7-5-21(27(29)32)15-20(24)10-14-33-26/h2-8,15-16,18,26H,9-14,17H2,1H3,(H2,29,32)/t18-,26+/m1/s1. The molecule has 2 atom stereocenters. The summed E-state index contributed by atoms with van der Waals surface area (Å²) in [6.45, 7) is 6.75. The van der Waals surface area contributed by atoms with Crippen LogP contribution in [0.25, 0.3) is 10.8 Å². The summed E-state index contributed by atoms with van der Waals surface area (Å²) in [5, 5.41) is 1.61. The molecule has 3 aromatic rings. The van der Waals surface area contributed by atoms with Crippen LogP contribution in [0, 0.1) is 5.82 Å². The highest BCUT2D eigenvalue weighted by Crippen LogP contribution is 2.31. The molecule has 33 heavy (non-hydrogen) atoms. The highest BCUT2D eigenvalue weighted by molar-refractivity contribution is 5.93. The molecule has 172 valence electrons. The summed E-state index contributed by atoms with van der Waals surface area (Å²) >= 11 is 0. The number of hydrogen-bond donors (Lipinski definition) is 1. The Morgan fingerprint density at radius 1 is 1.15 bits per heavy atom. The van der Waals surface area contributed by atoms with E-state index in [1.54, 1.807) is 12.1 Å². The van der Waals surface area contributed by atoms with E-state index in [9.17, 15) is 9.18 Å². The lowest BCUT2D eigenvalue weighted by atomic mass is 9.93. The van der Waals surface area contributed by atoms with Crippen molar-refractivity contribution in [2.24, 2.45) is 5.73 Å². The van der Waals surface area contributed by atoms with Crippen molar-refractivity contribution in [1.29, 1.82) is 0 Å². The average Bonchev–Trinajstić information content (AvgIpc) is 2.82. The Balaban J connectivity index is 1.22. The smallest absolute Gasteiger partial charge is 0.248 e. The van der Waals surface area contributed by atoms with Crippen LogP contribution in [0.4, 0.5) is 10.1 Å². The predicted molar refractivity (Wildman–Crippen MR) is 129 cm³/mol. The number of piperazine rings is 1. The largest absolute Gasteiger partial charge is 0.373 e. The molecule has 1 fully saturated rings. The number of nitrogens with zero attached hydrogens (tertiary/aromatic N) is 2. The number of benzene rings is 3. The lowest BCUT2D eigenvalue weighted by Gasteiger charge is -2.41. The Labute approximate surface area is 193 Å². The molecule has 5 rings (SSSR count). The fourth-order valence-electron chi connectivity index (χ4n) is 5.20. The first-order valence-corrected chi connectivity index (χ1v) is 11.7. The van der Waals surface area contributed by atoms with E-state index in [0.717, 1.165) is 50.1 Å². The van der Waals surface area contributed by atoms with Crippen LogP contribution >= 0.6 is 0 Å². The fourth-order valence-corrected chi connectivity index (χ4v) is 5.20. The Morgan fingerprint density at radius 2 is 2.03 bits per heavy atom. The van der Waals surface area contributed by atoms with Crippen LogP contribution in [-0.4, -0.2) is 49.6 Å². The van der Waals surface area contributed by atoms with E-state index in [-0.39, 0.29) is 17.8 Å². The topological polar surface area (TPSA) is 58.8 Å². The molecular weight excluding hydrogens is 417 g/mol. The third-order valence-electron chi connectivity index (χ3n) is 7.08. The van der Waals surface area contributed by atoms with E-state index in [0.29, 0.717) is 23.6 Å². The molecule has 0 radical (unpaired) electrons. The van der Waals surface area contributed by atoms with Gasteiger partial charge in [-0.25, -0.2) is 4.39 Å². The van der Waals surface area contributed by atoms with Gasteiger partial charge >= 0.3 is 0 Å². The van der Waals surface area contributed by atoms with Gasteiger partial charge in [-0.05, 0) is 72.7 Å². The molecule has 0 spiro atoms. The molecule has 6 heteroatoms. The van der Waals surface area contributed by atoms with Crippen LogP contribution in [0.3, 0.4) is 0 Å². The van der Waals surface area contributed by atoms with Gasteiger partial charge in [0, 0.05) is 48.9 Å². The minimum absolute atomic E-state index is 0.0521. The van der Waals surface area contributed by atoms with Gasteiger partial charge in [0.25, 0.3) is 0 Å². The molecule has 0 bridgehead atoms. The van der Waals surface area contributed by atoms with Crippen molar-refractivity contribution in [3.8, 4) is 0 Å². The summed E-state index contributed by atoms with van der Waals surface area (Å²) in [5.74, 6) is -0.557. The van der Waals surface area contributed by atoms with Crippen molar-refractivity contribution in [3.63, 3.8) is 0 Å². The van der Waals surface area contributed by atoms with Crippen molar-refractivity contribution in [2.75, 3.05) is 37.7 Å². The Kier molecular flexibility index (Phi) is 6.04. The molecule has 2 aliphatic heterocycles. The Hall–Kier alpha value is -2.96. The van der Waals surface area contributed by atoms with Crippen LogP contribution in [-0.2, 0) is 11.2 Å². The molecule has 1 saturated heterocycles. The van der Waals surface area contributed by atoms with Gasteiger partial charge in [-0.2, -0.15) is 0 Å². The van der Waals surface area contributed by atoms with Crippen LogP contribution < -0.4 is 10.6 Å². The number of hydrogen-bond acceptors (Lipinski definition) is 4. The van der Waals surface area contributed by atoms with Crippen molar-refractivity contribution in [3.05, 3.63) is 77.1 Å². The zero-order valence-electron chi connectivity index (χ0n) is 19.0. The van der Waals surface area contributed by atoms with Gasteiger partial charge in [0.05, 0.1) is 12.7 Å². The first kappa shape index (κ1) is 21.9. The number of primary amides is 1. The summed E-state index contributed by atoms with van der Waals surface area (Å²) in [7, 11) is 0. The Morgan fingerprint density at radius 3 is 2.85 bits per heavy atom. The molecule has 0 saturated carbocycles. The number of carbonyl (C=O) groups excluding carboxylic acids is 1. The number of rotatable bonds is 5. The SMILES string of the molecule is C[C@@H]1CN(c2ccc3c(F)cccc3c2)CCN1CC[C@@H]1OCCc2cc(C(N)=O)ccc21. The van der Waals surface area contributed by atoms with Crippen molar-refractivity contribution in [2.45, 2.75) is 31.9 Å². The van der Waals surface area contributed by atoms with Gasteiger partial charge in [0.15, 0.2) is 0 Å². The lowest BCUT2D eigenvalue weighted by Crippen LogP contribution is -2.52. The normalized spacial score (nSPS) is 21.2. The number of nitrogens with two attached hydrogens (primary N) is 1. The van der Waals surface area contributed by atoms with E-state index in [4.69, 9.17) is 10.5 Å². The molecule has 2 heterocycles.